The Morgan fingerprint density at radius 2 is 1.63 bits per heavy atom. The maximum absolute atomic E-state index is 13.1. The molecule has 138 valence electrons. The molecule has 0 saturated heterocycles. The lowest BCUT2D eigenvalue weighted by Gasteiger charge is -2.29. The first-order chi connectivity index (χ1) is 13.3. The summed E-state index contributed by atoms with van der Waals surface area (Å²) >= 11 is 0. The Bertz CT molecular complexity index is 862. The second-order valence-corrected chi connectivity index (χ2v) is 6.88. The van der Waals surface area contributed by atoms with Crippen molar-refractivity contribution in [1.82, 2.24) is 9.97 Å². The summed E-state index contributed by atoms with van der Waals surface area (Å²) in [5, 5.41) is 3.43. The Morgan fingerprint density at radius 3 is 2.37 bits per heavy atom. The molecule has 1 aliphatic rings. The van der Waals surface area contributed by atoms with E-state index in [0.29, 0.717) is 23.8 Å². The molecule has 0 radical (unpaired) electrons. The van der Waals surface area contributed by atoms with Crippen LogP contribution in [0.3, 0.4) is 0 Å². The molecule has 4 rings (SSSR count). The van der Waals surface area contributed by atoms with Crippen LogP contribution in [-0.4, -0.2) is 16.0 Å². The fourth-order valence-corrected chi connectivity index (χ4v) is 3.57. The summed E-state index contributed by atoms with van der Waals surface area (Å²) in [5.74, 6) is 2.19. The van der Waals surface area contributed by atoms with Crippen molar-refractivity contribution in [1.29, 1.82) is 0 Å². The molecule has 0 amide bonds. The van der Waals surface area contributed by atoms with Crippen LogP contribution < -0.4 is 10.1 Å². The van der Waals surface area contributed by atoms with Crippen LogP contribution in [0.25, 0.3) is 0 Å². The Kier molecular flexibility index (Phi) is 5.28. The van der Waals surface area contributed by atoms with Crippen LogP contribution in [0.4, 0.5) is 10.3 Å². The van der Waals surface area contributed by atoms with E-state index in [-0.39, 0.29) is 5.82 Å². The van der Waals surface area contributed by atoms with Gasteiger partial charge in [0.2, 0.25) is 11.8 Å². The monoisotopic (exact) mass is 363 g/mol. The molecule has 27 heavy (non-hydrogen) atoms. The van der Waals surface area contributed by atoms with Crippen molar-refractivity contribution in [3.63, 3.8) is 0 Å². The van der Waals surface area contributed by atoms with Crippen molar-refractivity contribution in [2.75, 3.05) is 5.32 Å². The van der Waals surface area contributed by atoms with Gasteiger partial charge in [0.1, 0.15) is 11.6 Å². The lowest BCUT2D eigenvalue weighted by molar-refractivity contribution is 0.409. The summed E-state index contributed by atoms with van der Waals surface area (Å²) in [7, 11) is 0. The average Bonchev–Trinajstić information content (AvgIpc) is 2.70. The molecule has 4 nitrogen and oxygen atoms in total. The van der Waals surface area contributed by atoms with Crippen LogP contribution in [0.2, 0.25) is 0 Å². The van der Waals surface area contributed by atoms with E-state index in [0.717, 1.165) is 31.4 Å². The largest absolute Gasteiger partial charge is 0.439 e. The molecule has 0 atom stereocenters. The zero-order valence-corrected chi connectivity index (χ0v) is 15.0. The minimum atomic E-state index is -0.177. The minimum absolute atomic E-state index is 0.177. The Morgan fingerprint density at radius 1 is 0.889 bits per heavy atom. The molecule has 0 spiro atoms. The van der Waals surface area contributed by atoms with Crippen LogP contribution in [-0.2, 0) is 0 Å². The molecule has 0 bridgehead atoms. The topological polar surface area (TPSA) is 47.0 Å². The zero-order chi connectivity index (χ0) is 18.5. The molecular formula is C22H22FN3O. The molecule has 0 aliphatic heterocycles. The van der Waals surface area contributed by atoms with Gasteiger partial charge in [-0.2, -0.15) is 4.98 Å². The van der Waals surface area contributed by atoms with Gasteiger partial charge < -0.3 is 10.1 Å². The molecule has 0 unspecified atom stereocenters. The van der Waals surface area contributed by atoms with Gasteiger partial charge in [0, 0.05) is 18.3 Å². The molecule has 1 N–H and O–H groups in total. The average molecular weight is 363 g/mol. The summed E-state index contributed by atoms with van der Waals surface area (Å²) in [6.45, 7) is 0. The molecule has 1 fully saturated rings. The quantitative estimate of drug-likeness (QED) is 0.646. The highest BCUT2D eigenvalue weighted by Crippen LogP contribution is 2.34. The van der Waals surface area contributed by atoms with E-state index in [1.165, 1.54) is 5.56 Å². The third-order valence-electron chi connectivity index (χ3n) is 5.00. The first kappa shape index (κ1) is 17.5. The number of nitrogens with one attached hydrogen (secondary N) is 1. The smallest absolute Gasteiger partial charge is 0.226 e. The predicted molar refractivity (Wildman–Crippen MR) is 104 cm³/mol. The summed E-state index contributed by atoms with van der Waals surface area (Å²) in [5.41, 5.74) is 1.23. The third-order valence-corrected chi connectivity index (χ3v) is 5.00. The maximum atomic E-state index is 13.1. The molecule has 1 aliphatic carbocycles. The van der Waals surface area contributed by atoms with Gasteiger partial charge in [0.15, 0.2) is 0 Å². The molecule has 3 aromatic rings. The van der Waals surface area contributed by atoms with Gasteiger partial charge in [-0.3, -0.25) is 0 Å². The maximum Gasteiger partial charge on any atom is 0.226 e. The normalized spacial score (nSPS) is 19.4. The Balaban J connectivity index is 1.34. The third kappa shape index (κ3) is 4.61. The van der Waals surface area contributed by atoms with Crippen LogP contribution in [0.5, 0.6) is 11.6 Å². The summed E-state index contributed by atoms with van der Waals surface area (Å²) in [6.07, 6.45) is 5.93. The summed E-state index contributed by atoms with van der Waals surface area (Å²) in [6, 6.07) is 18.6. The lowest BCUT2D eigenvalue weighted by Crippen LogP contribution is -2.26. The number of rotatable bonds is 5. The second kappa shape index (κ2) is 8.16. The Labute approximate surface area is 158 Å². The van der Waals surface area contributed by atoms with E-state index in [4.69, 9.17) is 4.74 Å². The van der Waals surface area contributed by atoms with E-state index in [9.17, 15) is 4.39 Å². The van der Waals surface area contributed by atoms with Gasteiger partial charge in [0.25, 0.3) is 0 Å². The number of nitrogens with zero attached hydrogens (tertiary/aromatic N) is 2. The zero-order valence-electron chi connectivity index (χ0n) is 15.0. The first-order valence-corrected chi connectivity index (χ1v) is 9.34. The van der Waals surface area contributed by atoms with E-state index >= 15 is 0 Å². The Hall–Kier alpha value is -2.95. The highest BCUT2D eigenvalue weighted by atomic mass is 19.1. The number of anilines is 1. The van der Waals surface area contributed by atoms with E-state index in [1.807, 2.05) is 42.5 Å². The molecule has 1 aromatic heterocycles. The van der Waals surface area contributed by atoms with Gasteiger partial charge in [-0.25, -0.2) is 9.37 Å². The standard InChI is InChI=1S/C22H22FN3O/c23-18-10-6-16(7-11-18)17-8-12-19(13-9-17)25-22-24-15-14-21(26-22)27-20-4-2-1-3-5-20/h1-7,10-11,14-15,17,19H,8-9,12-13H2,(H,24,25,26). The summed E-state index contributed by atoms with van der Waals surface area (Å²) in [4.78, 5) is 8.78. The molecule has 1 heterocycles. The van der Waals surface area contributed by atoms with Gasteiger partial charge in [0.05, 0.1) is 0 Å². The highest BCUT2D eigenvalue weighted by molar-refractivity contribution is 5.32. The van der Waals surface area contributed by atoms with Crippen molar-refractivity contribution in [2.45, 2.75) is 37.6 Å². The second-order valence-electron chi connectivity index (χ2n) is 6.88. The number of hydrogen-bond acceptors (Lipinski definition) is 4. The first-order valence-electron chi connectivity index (χ1n) is 9.34. The summed E-state index contributed by atoms with van der Waals surface area (Å²) < 4.78 is 18.9. The van der Waals surface area contributed by atoms with E-state index < -0.39 is 0 Å². The van der Waals surface area contributed by atoms with Gasteiger partial charge in [-0.1, -0.05) is 30.3 Å². The van der Waals surface area contributed by atoms with Crippen LogP contribution in [0.15, 0.2) is 66.9 Å². The van der Waals surface area contributed by atoms with Crippen molar-refractivity contribution in [2.24, 2.45) is 0 Å². The van der Waals surface area contributed by atoms with E-state index in [2.05, 4.69) is 15.3 Å². The fourth-order valence-electron chi connectivity index (χ4n) is 3.57. The van der Waals surface area contributed by atoms with Crippen molar-refractivity contribution >= 4 is 5.95 Å². The number of ether oxygens (including phenoxy) is 1. The number of halogens is 1. The number of benzene rings is 2. The van der Waals surface area contributed by atoms with Gasteiger partial charge >= 0.3 is 0 Å². The molecule has 5 heteroatoms. The highest BCUT2D eigenvalue weighted by Gasteiger charge is 2.23. The van der Waals surface area contributed by atoms with Gasteiger partial charge in [-0.05, 0) is 61.4 Å². The predicted octanol–water partition coefficient (Wildman–Crippen LogP) is 5.55. The van der Waals surface area contributed by atoms with Crippen LogP contribution in [0, 0.1) is 5.82 Å². The molecule has 2 aromatic carbocycles. The molecular weight excluding hydrogens is 341 g/mol. The fraction of sp³-hybridized carbons (Fsp3) is 0.273. The van der Waals surface area contributed by atoms with Crippen molar-refractivity contribution in [3.8, 4) is 11.6 Å². The van der Waals surface area contributed by atoms with Gasteiger partial charge in [-0.15, -0.1) is 0 Å². The minimum Gasteiger partial charge on any atom is -0.439 e. The SMILES string of the molecule is Fc1ccc(C2CCC(Nc3nccc(Oc4ccccc4)n3)CC2)cc1. The number of aromatic nitrogens is 2. The molecule has 1 saturated carbocycles. The van der Waals surface area contributed by atoms with Crippen molar-refractivity contribution in [3.05, 3.63) is 78.2 Å². The van der Waals surface area contributed by atoms with Crippen molar-refractivity contribution < 1.29 is 9.13 Å². The van der Waals surface area contributed by atoms with E-state index in [1.54, 1.807) is 24.4 Å². The number of hydrogen-bond donors (Lipinski definition) is 1. The number of para-hydroxylation sites is 1. The van der Waals surface area contributed by atoms with Crippen LogP contribution in [0.1, 0.15) is 37.2 Å². The van der Waals surface area contributed by atoms with Crippen LogP contribution >= 0.6 is 0 Å². The lowest BCUT2D eigenvalue weighted by atomic mass is 9.82.